The van der Waals surface area contributed by atoms with Gasteiger partial charge in [0, 0.05) is 24.5 Å². The number of carbonyl (C=O) groups excluding carboxylic acids is 1. The molecule has 152 valence electrons. The van der Waals surface area contributed by atoms with E-state index in [1.165, 1.54) is 32.2 Å². The highest BCUT2D eigenvalue weighted by Gasteiger charge is 2.34. The molecule has 1 N–H and O–H groups in total. The monoisotopic (exact) mass is 417 g/mol. The minimum absolute atomic E-state index is 0.0193. The number of nitrogens with one attached hydrogen (secondary N) is 1. The van der Waals surface area contributed by atoms with Crippen LogP contribution in [-0.4, -0.2) is 36.7 Å². The van der Waals surface area contributed by atoms with Gasteiger partial charge in [-0.1, -0.05) is 6.92 Å². The van der Waals surface area contributed by atoms with E-state index in [4.69, 9.17) is 4.74 Å². The van der Waals surface area contributed by atoms with Crippen LogP contribution in [0.4, 0.5) is 19.0 Å². The molecule has 0 aliphatic heterocycles. The first kappa shape index (κ1) is 21.6. The summed E-state index contributed by atoms with van der Waals surface area (Å²) in [6, 6.07) is 3.43. The second-order valence-corrected chi connectivity index (χ2v) is 7.80. The normalized spacial score (nSPS) is 11.9. The molecule has 2 rings (SSSR count). The molecule has 0 amide bonds. The molecule has 0 radical (unpaired) electrons. The van der Waals surface area contributed by atoms with Crippen LogP contribution in [0.15, 0.2) is 35.5 Å². The van der Waals surface area contributed by atoms with Crippen molar-refractivity contribution in [2.75, 3.05) is 17.7 Å². The molecular weight excluding hydrogens is 399 g/mol. The fourth-order valence-electron chi connectivity index (χ4n) is 2.29. The van der Waals surface area contributed by atoms with Gasteiger partial charge >= 0.3 is 12.1 Å². The fourth-order valence-corrected chi connectivity index (χ4v) is 3.30. The van der Waals surface area contributed by atoms with Gasteiger partial charge in [0.05, 0.1) is 17.9 Å². The van der Waals surface area contributed by atoms with Crippen molar-refractivity contribution >= 4 is 21.6 Å². The Morgan fingerprint density at radius 1 is 1.25 bits per heavy atom. The number of esters is 1. The summed E-state index contributed by atoms with van der Waals surface area (Å²) < 4.78 is 67.9. The van der Waals surface area contributed by atoms with Gasteiger partial charge in [0.15, 0.2) is 9.84 Å². The third-order valence-electron chi connectivity index (χ3n) is 3.70. The van der Waals surface area contributed by atoms with Gasteiger partial charge in [-0.2, -0.15) is 13.2 Å². The number of alkyl halides is 3. The van der Waals surface area contributed by atoms with Crippen LogP contribution >= 0.6 is 0 Å². The van der Waals surface area contributed by atoms with E-state index in [1.807, 2.05) is 0 Å². The van der Waals surface area contributed by atoms with E-state index in [9.17, 15) is 26.4 Å². The Balaban J connectivity index is 2.38. The molecule has 0 unspecified atom stereocenters. The SMILES string of the molecule is CCOC(=O)c1cc(C(F)(F)F)ncc1CNc1ncccc1S(=O)(=O)CC. The largest absolute Gasteiger partial charge is 0.462 e. The average molecular weight is 417 g/mol. The Bertz CT molecular complexity index is 962. The molecule has 0 saturated carbocycles. The maximum absolute atomic E-state index is 12.9. The second kappa shape index (κ2) is 8.55. The first-order chi connectivity index (χ1) is 13.1. The lowest BCUT2D eigenvalue weighted by Gasteiger charge is -2.14. The van der Waals surface area contributed by atoms with Crippen molar-refractivity contribution in [2.24, 2.45) is 0 Å². The summed E-state index contributed by atoms with van der Waals surface area (Å²) in [7, 11) is -3.58. The highest BCUT2D eigenvalue weighted by atomic mass is 32.2. The number of anilines is 1. The molecule has 0 atom stereocenters. The van der Waals surface area contributed by atoms with Crippen LogP contribution < -0.4 is 5.32 Å². The Labute approximate surface area is 159 Å². The number of ether oxygens (including phenoxy) is 1. The van der Waals surface area contributed by atoms with Gasteiger partial charge in [0.2, 0.25) is 0 Å². The Kier molecular flexibility index (Phi) is 6.60. The van der Waals surface area contributed by atoms with Gasteiger partial charge < -0.3 is 10.1 Å². The second-order valence-electron chi connectivity index (χ2n) is 5.55. The minimum Gasteiger partial charge on any atom is -0.462 e. The number of halogens is 3. The Hall–Kier alpha value is -2.69. The predicted octanol–water partition coefficient (Wildman–Crippen LogP) is 3.08. The molecule has 0 bridgehead atoms. The highest BCUT2D eigenvalue weighted by molar-refractivity contribution is 7.91. The first-order valence-electron chi connectivity index (χ1n) is 8.25. The topological polar surface area (TPSA) is 98.2 Å². The van der Waals surface area contributed by atoms with Crippen molar-refractivity contribution in [3.05, 3.63) is 47.4 Å². The molecule has 11 heteroatoms. The maximum Gasteiger partial charge on any atom is 0.433 e. The van der Waals surface area contributed by atoms with E-state index in [1.54, 1.807) is 0 Å². The van der Waals surface area contributed by atoms with Gasteiger partial charge in [0.25, 0.3) is 0 Å². The van der Waals surface area contributed by atoms with Crippen molar-refractivity contribution in [1.29, 1.82) is 0 Å². The molecule has 0 fully saturated rings. The number of carbonyl (C=O) groups is 1. The van der Waals surface area contributed by atoms with E-state index in [-0.39, 0.29) is 40.7 Å². The first-order valence-corrected chi connectivity index (χ1v) is 9.90. The molecule has 2 heterocycles. The summed E-state index contributed by atoms with van der Waals surface area (Å²) in [6.07, 6.45) is -2.45. The van der Waals surface area contributed by atoms with Crippen LogP contribution in [-0.2, 0) is 27.3 Å². The molecular formula is C17H18F3N3O4S. The quantitative estimate of drug-likeness (QED) is 0.692. The molecule has 0 aromatic carbocycles. The predicted molar refractivity (Wildman–Crippen MR) is 94.5 cm³/mol. The lowest BCUT2D eigenvalue weighted by Crippen LogP contribution is -2.17. The molecule has 0 aliphatic rings. The maximum atomic E-state index is 12.9. The number of rotatable bonds is 7. The molecule has 2 aromatic rings. The summed E-state index contributed by atoms with van der Waals surface area (Å²) in [5.74, 6) is -1.06. The van der Waals surface area contributed by atoms with Gasteiger partial charge in [0.1, 0.15) is 16.4 Å². The summed E-state index contributed by atoms with van der Waals surface area (Å²) in [6.45, 7) is 2.80. The lowest BCUT2D eigenvalue weighted by atomic mass is 10.1. The van der Waals surface area contributed by atoms with E-state index < -0.39 is 27.7 Å². The number of nitrogens with zero attached hydrogens (tertiary/aromatic N) is 2. The van der Waals surface area contributed by atoms with Crippen molar-refractivity contribution in [1.82, 2.24) is 9.97 Å². The molecule has 7 nitrogen and oxygen atoms in total. The van der Waals surface area contributed by atoms with Crippen molar-refractivity contribution < 1.29 is 31.1 Å². The lowest BCUT2D eigenvalue weighted by molar-refractivity contribution is -0.141. The van der Waals surface area contributed by atoms with Crippen LogP contribution in [0.25, 0.3) is 0 Å². The zero-order valence-electron chi connectivity index (χ0n) is 15.1. The fraction of sp³-hybridized carbons (Fsp3) is 0.353. The summed E-state index contributed by atoms with van der Waals surface area (Å²) in [5, 5.41) is 2.75. The van der Waals surface area contributed by atoms with Crippen LogP contribution in [0, 0.1) is 0 Å². The summed E-state index contributed by atoms with van der Waals surface area (Å²) >= 11 is 0. The number of pyridine rings is 2. The van der Waals surface area contributed by atoms with Gasteiger partial charge in [-0.3, -0.25) is 4.98 Å². The minimum atomic E-state index is -4.73. The summed E-state index contributed by atoms with van der Waals surface area (Å²) in [4.78, 5) is 19.3. The van der Waals surface area contributed by atoms with Crippen LogP contribution in [0.1, 0.15) is 35.5 Å². The van der Waals surface area contributed by atoms with Crippen LogP contribution in [0.5, 0.6) is 0 Å². The van der Waals surface area contributed by atoms with Gasteiger partial charge in [-0.15, -0.1) is 0 Å². The van der Waals surface area contributed by atoms with E-state index in [0.29, 0.717) is 6.07 Å². The number of hydrogen-bond donors (Lipinski definition) is 1. The molecule has 0 spiro atoms. The Morgan fingerprint density at radius 3 is 2.57 bits per heavy atom. The van der Waals surface area contributed by atoms with Gasteiger partial charge in [-0.05, 0) is 25.1 Å². The van der Waals surface area contributed by atoms with Crippen molar-refractivity contribution in [3.8, 4) is 0 Å². The molecule has 0 aliphatic carbocycles. The Morgan fingerprint density at radius 2 is 1.96 bits per heavy atom. The zero-order chi connectivity index (χ0) is 20.9. The third kappa shape index (κ3) is 4.97. The van der Waals surface area contributed by atoms with Crippen LogP contribution in [0.3, 0.4) is 0 Å². The standard InChI is InChI=1S/C17H18F3N3O4S/c1-3-27-16(24)12-8-14(17(18,19)20)22-9-11(12)10-23-15-13(6-5-7-21-15)28(25,26)4-2/h5-9H,3-4,10H2,1-2H3,(H,21,23). The number of aromatic nitrogens is 2. The smallest absolute Gasteiger partial charge is 0.433 e. The van der Waals surface area contributed by atoms with Crippen molar-refractivity contribution in [2.45, 2.75) is 31.5 Å². The van der Waals surface area contributed by atoms with Gasteiger partial charge in [-0.25, -0.2) is 18.2 Å². The van der Waals surface area contributed by atoms with Crippen LogP contribution in [0.2, 0.25) is 0 Å². The molecule has 2 aromatic heterocycles. The summed E-state index contributed by atoms with van der Waals surface area (Å²) in [5.41, 5.74) is -1.43. The van der Waals surface area contributed by atoms with Crippen molar-refractivity contribution in [3.63, 3.8) is 0 Å². The number of hydrogen-bond acceptors (Lipinski definition) is 7. The van der Waals surface area contributed by atoms with E-state index in [2.05, 4.69) is 15.3 Å². The molecule has 28 heavy (non-hydrogen) atoms. The third-order valence-corrected chi connectivity index (χ3v) is 5.46. The molecule has 0 saturated heterocycles. The average Bonchev–Trinajstić information content (AvgIpc) is 2.65. The van der Waals surface area contributed by atoms with E-state index in [0.717, 1.165) is 6.20 Å². The van der Waals surface area contributed by atoms with E-state index >= 15 is 0 Å². The number of sulfone groups is 1. The highest BCUT2D eigenvalue weighted by Crippen LogP contribution is 2.29. The zero-order valence-corrected chi connectivity index (χ0v) is 15.9.